The maximum atomic E-state index is 6.01. The summed E-state index contributed by atoms with van der Waals surface area (Å²) < 4.78 is 13.8. The Bertz CT molecular complexity index is 650. The van der Waals surface area contributed by atoms with E-state index >= 15 is 0 Å². The number of aromatic nitrogens is 2. The molecule has 128 valence electrons. The van der Waals surface area contributed by atoms with Crippen LogP contribution in [0.4, 0.5) is 0 Å². The van der Waals surface area contributed by atoms with Gasteiger partial charge in [-0.3, -0.25) is 0 Å². The second-order valence-electron chi connectivity index (χ2n) is 6.86. The van der Waals surface area contributed by atoms with E-state index in [9.17, 15) is 0 Å². The minimum atomic E-state index is -0.0463. The van der Waals surface area contributed by atoms with Crippen LogP contribution in [-0.4, -0.2) is 41.0 Å². The van der Waals surface area contributed by atoms with E-state index in [2.05, 4.69) is 45.3 Å². The molecule has 5 nitrogen and oxygen atoms in total. The normalized spacial score (nSPS) is 26.9. The lowest BCUT2D eigenvalue weighted by molar-refractivity contribution is -0.0895. The Morgan fingerprint density at radius 2 is 2.17 bits per heavy atom. The van der Waals surface area contributed by atoms with E-state index in [1.165, 1.54) is 5.56 Å². The third-order valence-electron chi connectivity index (χ3n) is 5.11. The minimum absolute atomic E-state index is 0.0463. The monoisotopic (exact) mass is 327 g/mol. The van der Waals surface area contributed by atoms with Crippen molar-refractivity contribution < 1.29 is 9.47 Å². The second-order valence-corrected chi connectivity index (χ2v) is 6.86. The molecule has 2 aliphatic rings. The first-order valence-electron chi connectivity index (χ1n) is 8.82. The van der Waals surface area contributed by atoms with E-state index < -0.39 is 0 Å². The van der Waals surface area contributed by atoms with Crippen LogP contribution in [0.5, 0.6) is 0 Å². The highest BCUT2D eigenvalue weighted by Gasteiger charge is 2.40. The molecule has 2 saturated heterocycles. The second kappa shape index (κ2) is 7.05. The molecule has 2 atom stereocenters. The van der Waals surface area contributed by atoms with Gasteiger partial charge in [0, 0.05) is 44.6 Å². The van der Waals surface area contributed by atoms with Gasteiger partial charge in [-0.2, -0.15) is 0 Å². The predicted octanol–water partition coefficient (Wildman–Crippen LogP) is 2.36. The molecule has 1 N–H and O–H groups in total. The van der Waals surface area contributed by atoms with E-state index in [0.29, 0.717) is 6.04 Å². The summed E-state index contributed by atoms with van der Waals surface area (Å²) in [6.45, 7) is 4.05. The van der Waals surface area contributed by atoms with Crippen LogP contribution in [0.3, 0.4) is 0 Å². The van der Waals surface area contributed by atoms with Gasteiger partial charge in [-0.05, 0) is 18.4 Å². The van der Waals surface area contributed by atoms with E-state index in [1.54, 1.807) is 0 Å². The summed E-state index contributed by atoms with van der Waals surface area (Å²) in [5.41, 5.74) is 1.25. The smallest absolute Gasteiger partial charge is 0.122 e. The Hall–Kier alpha value is -1.69. The molecule has 0 radical (unpaired) electrons. The quantitative estimate of drug-likeness (QED) is 0.916. The Morgan fingerprint density at radius 1 is 1.25 bits per heavy atom. The maximum Gasteiger partial charge on any atom is 0.122 e. The zero-order chi connectivity index (χ0) is 16.2. The van der Waals surface area contributed by atoms with Gasteiger partial charge in [0.1, 0.15) is 5.82 Å². The number of imidazole rings is 1. The predicted molar refractivity (Wildman–Crippen MR) is 91.8 cm³/mol. The lowest BCUT2D eigenvalue weighted by Crippen LogP contribution is -2.47. The van der Waals surface area contributed by atoms with Crippen molar-refractivity contribution in [3.05, 3.63) is 54.1 Å². The zero-order valence-electron chi connectivity index (χ0n) is 14.0. The molecule has 2 fully saturated rings. The minimum Gasteiger partial charge on any atom is -0.378 e. The number of ether oxygens (including phenoxy) is 2. The van der Waals surface area contributed by atoms with Crippen LogP contribution in [0.1, 0.15) is 30.7 Å². The third kappa shape index (κ3) is 3.53. The molecule has 2 aromatic rings. The lowest BCUT2D eigenvalue weighted by Gasteiger charge is -2.37. The van der Waals surface area contributed by atoms with Gasteiger partial charge < -0.3 is 19.4 Å². The zero-order valence-corrected chi connectivity index (χ0v) is 14.0. The molecule has 1 aromatic carbocycles. The summed E-state index contributed by atoms with van der Waals surface area (Å²) in [6, 6.07) is 11.0. The molecule has 3 heterocycles. The van der Waals surface area contributed by atoms with Crippen LogP contribution in [0.2, 0.25) is 0 Å². The van der Waals surface area contributed by atoms with E-state index in [1.807, 2.05) is 12.3 Å². The molecule has 0 unspecified atom stereocenters. The molecule has 0 bridgehead atoms. The fraction of sp³-hybridized carbons (Fsp3) is 0.526. The summed E-state index contributed by atoms with van der Waals surface area (Å²) in [5, 5.41) is 3.68. The van der Waals surface area contributed by atoms with Crippen molar-refractivity contribution in [3.8, 4) is 0 Å². The van der Waals surface area contributed by atoms with Gasteiger partial charge in [0.25, 0.3) is 0 Å². The van der Waals surface area contributed by atoms with Crippen molar-refractivity contribution in [3.63, 3.8) is 0 Å². The van der Waals surface area contributed by atoms with Crippen molar-refractivity contribution in [2.75, 3.05) is 19.8 Å². The summed E-state index contributed by atoms with van der Waals surface area (Å²) >= 11 is 0. The highest BCUT2D eigenvalue weighted by Crippen LogP contribution is 2.32. The Morgan fingerprint density at radius 3 is 3.00 bits per heavy atom. The number of hydrogen-bond donors (Lipinski definition) is 1. The SMILES string of the molecule is c1ccc(Cn2ccnc2CN[C@@H]2CCO[C@]3(CCOC3)C2)cc1. The van der Waals surface area contributed by atoms with Crippen LogP contribution in [0.15, 0.2) is 42.7 Å². The van der Waals surface area contributed by atoms with Crippen LogP contribution >= 0.6 is 0 Å². The van der Waals surface area contributed by atoms with Gasteiger partial charge in [0.15, 0.2) is 0 Å². The molecule has 1 aromatic heterocycles. The number of rotatable bonds is 5. The Kier molecular flexibility index (Phi) is 4.65. The molecule has 4 rings (SSSR count). The summed E-state index contributed by atoms with van der Waals surface area (Å²) in [5.74, 6) is 1.09. The summed E-state index contributed by atoms with van der Waals surface area (Å²) in [7, 11) is 0. The Labute approximate surface area is 143 Å². The first kappa shape index (κ1) is 15.8. The molecule has 2 aliphatic heterocycles. The average Bonchev–Trinajstić information content (AvgIpc) is 3.24. The lowest BCUT2D eigenvalue weighted by atomic mass is 9.90. The molecule has 1 spiro atoms. The standard InChI is InChI=1S/C19H25N3O2/c1-2-4-16(5-3-1)14-22-9-8-20-18(22)13-21-17-6-10-24-19(12-17)7-11-23-15-19/h1-5,8-9,17,21H,6-7,10-15H2/t17-,19-/m1/s1. The summed E-state index contributed by atoms with van der Waals surface area (Å²) in [4.78, 5) is 4.53. The van der Waals surface area contributed by atoms with Gasteiger partial charge in [-0.25, -0.2) is 4.98 Å². The van der Waals surface area contributed by atoms with Crippen LogP contribution in [-0.2, 0) is 22.6 Å². The summed E-state index contributed by atoms with van der Waals surface area (Å²) in [6.07, 6.45) is 7.05. The molecular formula is C19H25N3O2. The number of hydrogen-bond acceptors (Lipinski definition) is 4. The Balaban J connectivity index is 1.35. The highest BCUT2D eigenvalue weighted by atomic mass is 16.6. The molecule has 24 heavy (non-hydrogen) atoms. The fourth-order valence-corrected chi connectivity index (χ4v) is 3.73. The van der Waals surface area contributed by atoms with Crippen molar-refractivity contribution in [2.24, 2.45) is 0 Å². The number of benzene rings is 1. The maximum absolute atomic E-state index is 6.01. The van der Waals surface area contributed by atoms with Crippen molar-refractivity contribution >= 4 is 0 Å². The molecule has 0 saturated carbocycles. The van der Waals surface area contributed by atoms with Gasteiger partial charge in [0.2, 0.25) is 0 Å². The van der Waals surface area contributed by atoms with Crippen molar-refractivity contribution in [1.82, 2.24) is 14.9 Å². The van der Waals surface area contributed by atoms with Crippen LogP contribution < -0.4 is 5.32 Å². The highest BCUT2D eigenvalue weighted by molar-refractivity contribution is 5.15. The first-order valence-corrected chi connectivity index (χ1v) is 8.82. The van der Waals surface area contributed by atoms with Crippen molar-refractivity contribution in [2.45, 2.75) is 44.0 Å². The number of nitrogens with one attached hydrogen (secondary N) is 1. The van der Waals surface area contributed by atoms with Gasteiger partial charge in [-0.15, -0.1) is 0 Å². The average molecular weight is 327 g/mol. The largest absolute Gasteiger partial charge is 0.378 e. The van der Waals surface area contributed by atoms with Gasteiger partial charge in [-0.1, -0.05) is 30.3 Å². The first-order chi connectivity index (χ1) is 11.8. The number of nitrogens with zero attached hydrogens (tertiary/aromatic N) is 2. The van der Waals surface area contributed by atoms with E-state index in [-0.39, 0.29) is 5.60 Å². The third-order valence-corrected chi connectivity index (χ3v) is 5.11. The van der Waals surface area contributed by atoms with E-state index in [0.717, 1.165) is 58.0 Å². The van der Waals surface area contributed by atoms with Gasteiger partial charge in [0.05, 0.1) is 18.8 Å². The van der Waals surface area contributed by atoms with Crippen LogP contribution in [0, 0.1) is 0 Å². The van der Waals surface area contributed by atoms with E-state index in [4.69, 9.17) is 9.47 Å². The fourth-order valence-electron chi connectivity index (χ4n) is 3.73. The van der Waals surface area contributed by atoms with Gasteiger partial charge >= 0.3 is 0 Å². The molecular weight excluding hydrogens is 302 g/mol. The molecule has 0 aliphatic carbocycles. The molecule has 0 amide bonds. The van der Waals surface area contributed by atoms with Crippen LogP contribution in [0.25, 0.3) is 0 Å². The molecule has 5 heteroatoms. The topological polar surface area (TPSA) is 48.3 Å². The van der Waals surface area contributed by atoms with Crippen molar-refractivity contribution in [1.29, 1.82) is 0 Å².